The molecule has 26 heavy (non-hydrogen) atoms. The van der Waals surface area contributed by atoms with Crippen molar-refractivity contribution in [3.63, 3.8) is 0 Å². The molecule has 2 rings (SSSR count). The van der Waals surface area contributed by atoms with Crippen LogP contribution in [0.2, 0.25) is 0 Å². The molecule has 0 spiro atoms. The highest BCUT2D eigenvalue weighted by atomic mass is 32.3. The van der Waals surface area contributed by atoms with E-state index in [0.717, 1.165) is 29.2 Å². The number of benzene rings is 2. The van der Waals surface area contributed by atoms with Crippen molar-refractivity contribution in [2.45, 2.75) is 44.0 Å². The van der Waals surface area contributed by atoms with Crippen LogP contribution in [-0.4, -0.2) is 9.71 Å². The number of halogens is 2. The van der Waals surface area contributed by atoms with Gasteiger partial charge in [-0.25, -0.2) is 8.60 Å². The second kappa shape index (κ2) is 8.25. The molecule has 0 amide bonds. The quantitative estimate of drug-likeness (QED) is 0.478. The van der Waals surface area contributed by atoms with Gasteiger partial charge < -0.3 is 0 Å². The highest BCUT2D eigenvalue weighted by Crippen LogP contribution is 2.29. The summed E-state index contributed by atoms with van der Waals surface area (Å²) in [6, 6.07) is 12.4. The van der Waals surface area contributed by atoms with Gasteiger partial charge in [0.2, 0.25) is 0 Å². The van der Waals surface area contributed by atoms with E-state index >= 15 is 0 Å². The van der Waals surface area contributed by atoms with Crippen LogP contribution < -0.4 is 0 Å². The molecule has 0 aromatic heterocycles. The summed E-state index contributed by atoms with van der Waals surface area (Å²) >= 11 is 0. The van der Waals surface area contributed by atoms with Crippen LogP contribution in [-0.2, 0) is 16.7 Å². The number of thiol groups is 1. The van der Waals surface area contributed by atoms with Crippen LogP contribution in [0.3, 0.4) is 0 Å². The molecule has 0 saturated heterocycles. The van der Waals surface area contributed by atoms with Gasteiger partial charge >= 0.3 is 0 Å². The average Bonchev–Trinajstić information content (AvgIpc) is 2.55. The summed E-state index contributed by atoms with van der Waals surface area (Å²) in [5, 5.41) is 8.66. The molecule has 1 unspecified atom stereocenters. The van der Waals surface area contributed by atoms with Gasteiger partial charge in [0.05, 0.1) is 22.8 Å². The van der Waals surface area contributed by atoms with Crippen molar-refractivity contribution in [3.8, 4) is 17.9 Å². The van der Waals surface area contributed by atoms with Crippen molar-refractivity contribution in [2.24, 2.45) is 0 Å². The summed E-state index contributed by atoms with van der Waals surface area (Å²) in [7, 11) is -4.60. The Morgan fingerprint density at radius 3 is 2.38 bits per heavy atom. The number of alkyl halides is 1. The zero-order chi connectivity index (χ0) is 19.3. The maximum Gasteiger partial charge on any atom is 0.178 e. The van der Waals surface area contributed by atoms with Crippen LogP contribution in [0.1, 0.15) is 41.2 Å². The van der Waals surface area contributed by atoms with Gasteiger partial charge in [0.1, 0.15) is 0 Å². The predicted molar refractivity (Wildman–Crippen MR) is 102 cm³/mol. The summed E-state index contributed by atoms with van der Waals surface area (Å²) < 4.78 is 39.7. The van der Waals surface area contributed by atoms with Gasteiger partial charge in [0.15, 0.2) is 5.50 Å². The molecule has 0 saturated carbocycles. The predicted octanol–water partition coefficient (Wildman–Crippen LogP) is 4.74. The zero-order valence-corrected chi connectivity index (χ0v) is 15.9. The smallest absolute Gasteiger partial charge is 0.178 e. The van der Waals surface area contributed by atoms with Gasteiger partial charge in [0, 0.05) is 10.5 Å². The molecule has 2 aromatic rings. The Morgan fingerprint density at radius 2 is 1.81 bits per heavy atom. The van der Waals surface area contributed by atoms with Crippen molar-refractivity contribution < 1.29 is 12.5 Å². The maximum absolute atomic E-state index is 14.3. The fraction of sp³-hybridized carbons (Fsp3) is 0.286. The molecular weight excluding hydrogens is 352 g/mol. The lowest BCUT2D eigenvalue weighted by molar-refractivity contribution is 0.443. The Bertz CT molecular complexity index is 944. The lowest BCUT2D eigenvalue weighted by Crippen LogP contribution is -2.16. The number of hydrogen-bond donors (Lipinski definition) is 1. The molecule has 0 aliphatic carbocycles. The monoisotopic (exact) mass is 373 g/mol. The molecule has 0 fully saturated rings. The van der Waals surface area contributed by atoms with Crippen molar-refractivity contribution in [2.75, 3.05) is 0 Å². The van der Waals surface area contributed by atoms with Crippen molar-refractivity contribution in [1.29, 1.82) is 5.26 Å². The third kappa shape index (κ3) is 4.77. The van der Waals surface area contributed by atoms with E-state index in [0.29, 0.717) is 12.0 Å². The SMILES string of the molecule is Cc1cc(C)cc(Cc2ccc([SH](=O)(F)C(C)F)cc2C#CCC#N)c1. The van der Waals surface area contributed by atoms with Crippen molar-refractivity contribution in [3.05, 3.63) is 64.2 Å². The van der Waals surface area contributed by atoms with Crippen LogP contribution in [0.5, 0.6) is 0 Å². The van der Waals surface area contributed by atoms with E-state index in [-0.39, 0.29) is 11.3 Å². The summed E-state index contributed by atoms with van der Waals surface area (Å²) in [6.07, 6.45) is 0.584. The molecule has 0 radical (unpaired) electrons. The van der Waals surface area contributed by atoms with E-state index in [4.69, 9.17) is 5.26 Å². The molecule has 0 aliphatic heterocycles. The molecule has 0 aliphatic rings. The third-order valence-electron chi connectivity index (χ3n) is 3.97. The molecule has 5 heteroatoms. The van der Waals surface area contributed by atoms with Gasteiger partial charge in [-0.05, 0) is 50.5 Å². The number of hydrogen-bond acceptors (Lipinski definition) is 2. The zero-order valence-electron chi connectivity index (χ0n) is 15.0. The molecule has 0 N–H and O–H groups in total. The minimum atomic E-state index is -4.60. The lowest BCUT2D eigenvalue weighted by atomic mass is 9.97. The summed E-state index contributed by atoms with van der Waals surface area (Å²) in [6.45, 7) is 4.97. The second-order valence-corrected chi connectivity index (χ2v) is 8.68. The van der Waals surface area contributed by atoms with E-state index < -0.39 is 15.8 Å². The Morgan fingerprint density at radius 1 is 1.15 bits per heavy atom. The van der Waals surface area contributed by atoms with E-state index in [1.54, 1.807) is 6.07 Å². The number of nitriles is 1. The van der Waals surface area contributed by atoms with E-state index in [1.165, 1.54) is 12.1 Å². The molecule has 0 heterocycles. The molecule has 2 nitrogen and oxygen atoms in total. The van der Waals surface area contributed by atoms with Crippen LogP contribution in [0.4, 0.5) is 8.28 Å². The second-order valence-electron chi connectivity index (χ2n) is 6.30. The van der Waals surface area contributed by atoms with Crippen molar-refractivity contribution >= 4 is 10.3 Å². The van der Waals surface area contributed by atoms with Gasteiger partial charge in [0.25, 0.3) is 0 Å². The standard InChI is InChI=1S/C21H21F2NOS/c1-15-10-16(2)12-18(11-15)13-20-7-8-21(26(23,25)17(3)22)14-19(20)6-4-5-9-24/h7-8,10-12,14,17,26H,5,13H2,1-3H3. The van der Waals surface area contributed by atoms with Crippen LogP contribution in [0.25, 0.3) is 0 Å². The fourth-order valence-corrected chi connectivity index (χ4v) is 3.79. The normalized spacial score (nSPS) is 12.6. The van der Waals surface area contributed by atoms with E-state index in [2.05, 4.69) is 30.0 Å². The van der Waals surface area contributed by atoms with E-state index in [9.17, 15) is 12.5 Å². The Hall–Kier alpha value is -2.50. The average molecular weight is 373 g/mol. The first-order chi connectivity index (χ1) is 12.2. The number of nitrogens with zero attached hydrogens (tertiary/aromatic N) is 1. The fourth-order valence-electron chi connectivity index (χ4n) is 2.80. The van der Waals surface area contributed by atoms with Gasteiger partial charge in [-0.2, -0.15) is 9.15 Å². The molecule has 2 aromatic carbocycles. The lowest BCUT2D eigenvalue weighted by Gasteiger charge is -2.18. The van der Waals surface area contributed by atoms with Gasteiger partial charge in [-0.1, -0.05) is 47.2 Å². The Labute approximate surface area is 154 Å². The number of aryl methyl sites for hydroxylation is 2. The van der Waals surface area contributed by atoms with Crippen LogP contribution >= 0.6 is 0 Å². The summed E-state index contributed by atoms with van der Waals surface area (Å²) in [5.41, 5.74) is 2.54. The Kier molecular flexibility index (Phi) is 6.29. The van der Waals surface area contributed by atoms with Crippen LogP contribution in [0, 0.1) is 37.0 Å². The number of rotatable bonds is 4. The molecule has 0 bridgehead atoms. The first kappa shape index (κ1) is 19.8. The van der Waals surface area contributed by atoms with E-state index in [1.807, 2.05) is 19.9 Å². The third-order valence-corrected chi connectivity index (χ3v) is 5.87. The molecule has 136 valence electrons. The van der Waals surface area contributed by atoms with Gasteiger partial charge in [-0.3, -0.25) is 0 Å². The van der Waals surface area contributed by atoms with Crippen molar-refractivity contribution in [1.82, 2.24) is 0 Å². The minimum absolute atomic E-state index is 0.0278. The maximum atomic E-state index is 14.3. The molecular formula is C21H21F2NOS. The topological polar surface area (TPSA) is 40.9 Å². The first-order valence-electron chi connectivity index (χ1n) is 8.24. The highest BCUT2D eigenvalue weighted by Gasteiger charge is 2.24. The largest absolute Gasteiger partial charge is 0.248 e. The summed E-state index contributed by atoms with van der Waals surface area (Å²) in [4.78, 5) is -0.182. The van der Waals surface area contributed by atoms with Crippen LogP contribution in [0.15, 0.2) is 41.3 Å². The highest BCUT2D eigenvalue weighted by molar-refractivity contribution is 7.98. The minimum Gasteiger partial charge on any atom is -0.248 e. The molecule has 1 atom stereocenters. The summed E-state index contributed by atoms with van der Waals surface area (Å²) in [5.74, 6) is 5.52. The Balaban J connectivity index is 2.50. The first-order valence-corrected chi connectivity index (χ1v) is 9.90. The van der Waals surface area contributed by atoms with Gasteiger partial charge in [-0.15, -0.1) is 0 Å².